The van der Waals surface area contributed by atoms with Gasteiger partial charge in [-0.3, -0.25) is 0 Å². The van der Waals surface area contributed by atoms with Crippen LogP contribution in [0.4, 0.5) is 15.3 Å². The molecule has 1 aromatic carbocycles. The van der Waals surface area contributed by atoms with Crippen LogP contribution in [0.1, 0.15) is 12.0 Å². The number of anilines is 2. The molecule has 6 heteroatoms. The molecule has 0 saturated heterocycles. The van der Waals surface area contributed by atoms with E-state index >= 15 is 0 Å². The SMILES string of the molecule is CN(C)c1cccc2c1CCCN2OOSF. The van der Waals surface area contributed by atoms with Gasteiger partial charge in [-0.05, 0) is 25.0 Å². The third kappa shape index (κ3) is 2.65. The summed E-state index contributed by atoms with van der Waals surface area (Å²) in [5.74, 6) is 0. The molecule has 0 aliphatic carbocycles. The summed E-state index contributed by atoms with van der Waals surface area (Å²) < 4.78 is 16.2. The first-order chi connectivity index (χ1) is 8.24. The fourth-order valence-corrected chi connectivity index (χ4v) is 2.21. The quantitative estimate of drug-likeness (QED) is 0.470. The molecule has 1 aromatic rings. The number of halogens is 1. The van der Waals surface area contributed by atoms with Crippen LogP contribution in [-0.2, 0) is 15.7 Å². The summed E-state index contributed by atoms with van der Waals surface area (Å²) in [7, 11) is 4.01. The fourth-order valence-electron chi connectivity index (χ4n) is 2.12. The van der Waals surface area contributed by atoms with Crippen LogP contribution in [0.5, 0.6) is 0 Å². The van der Waals surface area contributed by atoms with Crippen LogP contribution in [0.2, 0.25) is 0 Å². The summed E-state index contributed by atoms with van der Waals surface area (Å²) in [5, 5.41) is 1.58. The molecule has 0 radical (unpaired) electrons. The fraction of sp³-hybridized carbons (Fsp3) is 0.455. The minimum Gasteiger partial charge on any atom is -0.377 e. The highest BCUT2D eigenvalue weighted by Gasteiger charge is 2.21. The first kappa shape index (κ1) is 12.5. The van der Waals surface area contributed by atoms with E-state index in [1.54, 1.807) is 5.06 Å². The van der Waals surface area contributed by atoms with Crippen molar-refractivity contribution in [2.24, 2.45) is 0 Å². The average Bonchev–Trinajstić information content (AvgIpc) is 2.35. The van der Waals surface area contributed by atoms with Crippen LogP contribution in [0.25, 0.3) is 0 Å². The summed E-state index contributed by atoms with van der Waals surface area (Å²) in [6.07, 6.45) is 1.95. The summed E-state index contributed by atoms with van der Waals surface area (Å²) in [4.78, 5) is 6.96. The van der Waals surface area contributed by atoms with Gasteiger partial charge in [0, 0.05) is 31.9 Å². The van der Waals surface area contributed by atoms with Crippen LogP contribution in [0.3, 0.4) is 0 Å². The molecule has 1 aliphatic heterocycles. The van der Waals surface area contributed by atoms with Gasteiger partial charge in [-0.1, -0.05) is 11.1 Å². The molecule has 2 rings (SSSR count). The van der Waals surface area contributed by atoms with Gasteiger partial charge in [0.2, 0.25) is 12.4 Å². The van der Waals surface area contributed by atoms with Crippen molar-refractivity contribution in [3.8, 4) is 0 Å². The Balaban J connectivity index is 2.28. The Kier molecular flexibility index (Phi) is 4.09. The Morgan fingerprint density at radius 2 is 2.24 bits per heavy atom. The smallest absolute Gasteiger partial charge is 0.244 e. The second kappa shape index (κ2) is 5.57. The number of fused-ring (bicyclic) bond motifs is 1. The topological polar surface area (TPSA) is 24.9 Å². The van der Waals surface area contributed by atoms with Gasteiger partial charge in [-0.25, -0.2) is 5.06 Å². The standard InChI is InChI=1S/C11H15FN2O2S/c1-13(2)10-6-3-7-11-9(10)5-4-8-14(11)15-16-17-12/h3,6-7H,4-5,8H2,1-2H3. The zero-order chi connectivity index (χ0) is 12.3. The van der Waals surface area contributed by atoms with Gasteiger partial charge < -0.3 is 4.90 Å². The lowest BCUT2D eigenvalue weighted by atomic mass is 10.0. The van der Waals surface area contributed by atoms with Gasteiger partial charge in [-0.2, -0.15) is 0 Å². The Hall–Kier alpha value is -0.980. The molecule has 0 bridgehead atoms. The molecule has 1 heterocycles. The molecule has 94 valence electrons. The second-order valence-corrected chi connectivity index (χ2v) is 4.34. The molecule has 0 fully saturated rings. The maximum Gasteiger partial charge on any atom is 0.244 e. The largest absolute Gasteiger partial charge is 0.377 e. The number of benzene rings is 1. The molecule has 0 aromatic heterocycles. The Bertz CT molecular complexity index is 390. The minimum atomic E-state index is -0.294. The van der Waals surface area contributed by atoms with Crippen molar-refractivity contribution in [2.45, 2.75) is 12.8 Å². The summed E-state index contributed by atoms with van der Waals surface area (Å²) in [6.45, 7) is 0.699. The first-order valence-electron chi connectivity index (χ1n) is 5.43. The molecule has 1 aliphatic rings. The minimum absolute atomic E-state index is 0.294. The van der Waals surface area contributed by atoms with Crippen LogP contribution in [-0.4, -0.2) is 20.6 Å². The number of rotatable bonds is 4. The predicted octanol–water partition coefficient (Wildman–Crippen LogP) is 2.90. The van der Waals surface area contributed by atoms with Crippen molar-refractivity contribution in [3.05, 3.63) is 23.8 Å². The summed E-state index contributed by atoms with van der Waals surface area (Å²) >= 11 is -0.294. The van der Waals surface area contributed by atoms with Crippen molar-refractivity contribution < 1.29 is 13.2 Å². The zero-order valence-electron chi connectivity index (χ0n) is 9.85. The van der Waals surface area contributed by atoms with Crippen LogP contribution >= 0.6 is 12.4 Å². The molecule has 0 atom stereocenters. The lowest BCUT2D eigenvalue weighted by molar-refractivity contribution is -0.207. The van der Waals surface area contributed by atoms with Crippen molar-refractivity contribution in [1.82, 2.24) is 0 Å². The van der Waals surface area contributed by atoms with Gasteiger partial charge in [0.1, 0.15) is 0 Å². The lowest BCUT2D eigenvalue weighted by Crippen LogP contribution is -2.29. The van der Waals surface area contributed by atoms with E-state index in [2.05, 4.69) is 15.3 Å². The molecule has 0 saturated carbocycles. The molecular formula is C11H15FN2O2S. The van der Waals surface area contributed by atoms with Gasteiger partial charge in [0.15, 0.2) is 0 Å². The lowest BCUT2D eigenvalue weighted by Gasteiger charge is -2.30. The van der Waals surface area contributed by atoms with Crippen molar-refractivity contribution in [2.75, 3.05) is 30.6 Å². The predicted molar refractivity (Wildman–Crippen MR) is 67.3 cm³/mol. The number of nitrogens with zero attached hydrogens (tertiary/aromatic N) is 2. The Morgan fingerprint density at radius 3 is 2.94 bits per heavy atom. The van der Waals surface area contributed by atoms with Gasteiger partial charge in [0.25, 0.3) is 0 Å². The Labute approximate surface area is 105 Å². The van der Waals surface area contributed by atoms with Crippen LogP contribution < -0.4 is 9.96 Å². The van der Waals surface area contributed by atoms with E-state index < -0.39 is 0 Å². The molecular weight excluding hydrogens is 243 g/mol. The highest BCUT2D eigenvalue weighted by atomic mass is 32.2. The maximum absolute atomic E-state index is 11.9. The number of hydrogen-bond donors (Lipinski definition) is 0. The normalized spacial score (nSPS) is 14.6. The average molecular weight is 258 g/mol. The molecule has 0 spiro atoms. The van der Waals surface area contributed by atoms with Gasteiger partial charge >= 0.3 is 0 Å². The first-order valence-corrected chi connectivity index (χ1v) is 6.07. The van der Waals surface area contributed by atoms with Crippen molar-refractivity contribution in [1.29, 1.82) is 0 Å². The van der Waals surface area contributed by atoms with E-state index in [4.69, 9.17) is 4.99 Å². The van der Waals surface area contributed by atoms with E-state index in [0.29, 0.717) is 6.54 Å². The molecule has 17 heavy (non-hydrogen) atoms. The van der Waals surface area contributed by atoms with Crippen LogP contribution in [0, 0.1) is 0 Å². The third-order valence-corrected chi connectivity index (χ3v) is 2.92. The molecule has 0 amide bonds. The monoisotopic (exact) mass is 258 g/mol. The van der Waals surface area contributed by atoms with Crippen LogP contribution in [0.15, 0.2) is 18.2 Å². The van der Waals surface area contributed by atoms with E-state index in [1.807, 2.05) is 26.2 Å². The molecule has 0 unspecified atom stereocenters. The maximum atomic E-state index is 11.9. The summed E-state index contributed by atoms with van der Waals surface area (Å²) in [5.41, 5.74) is 3.30. The highest BCUT2D eigenvalue weighted by Crippen LogP contribution is 2.34. The van der Waals surface area contributed by atoms with Crippen molar-refractivity contribution >= 4 is 23.8 Å². The number of hydroxylamine groups is 1. The van der Waals surface area contributed by atoms with E-state index in [0.717, 1.165) is 24.2 Å². The van der Waals surface area contributed by atoms with Crippen molar-refractivity contribution in [3.63, 3.8) is 0 Å². The molecule has 4 nitrogen and oxygen atoms in total. The van der Waals surface area contributed by atoms with Gasteiger partial charge in [-0.15, -0.1) is 8.22 Å². The summed E-state index contributed by atoms with van der Waals surface area (Å²) in [6, 6.07) is 5.97. The van der Waals surface area contributed by atoms with E-state index in [9.17, 15) is 3.89 Å². The van der Waals surface area contributed by atoms with E-state index in [1.165, 1.54) is 5.56 Å². The third-order valence-electron chi connectivity index (χ3n) is 2.81. The second-order valence-electron chi connectivity index (χ2n) is 4.08. The highest BCUT2D eigenvalue weighted by molar-refractivity contribution is 7.89. The van der Waals surface area contributed by atoms with E-state index in [-0.39, 0.29) is 12.4 Å². The Morgan fingerprint density at radius 1 is 1.41 bits per heavy atom. The number of hydrogen-bond acceptors (Lipinski definition) is 5. The molecule has 0 N–H and O–H groups in total. The zero-order valence-corrected chi connectivity index (χ0v) is 10.7. The van der Waals surface area contributed by atoms with Gasteiger partial charge in [0.05, 0.1) is 5.69 Å².